The zero-order valence-electron chi connectivity index (χ0n) is 17.4. The van der Waals surface area contributed by atoms with Gasteiger partial charge in [-0.25, -0.2) is 4.39 Å². The number of amides is 1. The van der Waals surface area contributed by atoms with Crippen molar-refractivity contribution in [1.82, 2.24) is 20.1 Å². The van der Waals surface area contributed by atoms with Crippen LogP contribution in [0.4, 0.5) is 4.39 Å². The Labute approximate surface area is 190 Å². The minimum absolute atomic E-state index is 0.0230. The van der Waals surface area contributed by atoms with Crippen molar-refractivity contribution in [2.45, 2.75) is 56.1 Å². The summed E-state index contributed by atoms with van der Waals surface area (Å²) in [6.07, 6.45) is 7.51. The number of nitrogens with one attached hydrogen (secondary N) is 1. The van der Waals surface area contributed by atoms with Crippen molar-refractivity contribution in [3.63, 3.8) is 0 Å². The molecule has 2 heterocycles. The highest BCUT2D eigenvalue weighted by atomic mass is 32.2. The average Bonchev–Trinajstić information content (AvgIpc) is 3.44. The van der Waals surface area contributed by atoms with Crippen molar-refractivity contribution in [2.75, 3.05) is 12.3 Å². The van der Waals surface area contributed by atoms with Gasteiger partial charge in [-0.2, -0.15) is 0 Å². The van der Waals surface area contributed by atoms with E-state index in [-0.39, 0.29) is 11.7 Å². The predicted molar refractivity (Wildman–Crippen MR) is 123 cm³/mol. The molecule has 3 aromatic rings. The van der Waals surface area contributed by atoms with Gasteiger partial charge in [0, 0.05) is 23.9 Å². The summed E-state index contributed by atoms with van der Waals surface area (Å²) in [5, 5.41) is 14.8. The van der Waals surface area contributed by atoms with E-state index < -0.39 is 0 Å². The Morgan fingerprint density at radius 2 is 1.97 bits per heavy atom. The summed E-state index contributed by atoms with van der Waals surface area (Å²) in [5.74, 6) is 1.04. The summed E-state index contributed by atoms with van der Waals surface area (Å²) >= 11 is 3.20. The van der Waals surface area contributed by atoms with Gasteiger partial charge in [-0.15, -0.1) is 21.5 Å². The van der Waals surface area contributed by atoms with E-state index in [1.807, 2.05) is 0 Å². The second-order valence-electron chi connectivity index (χ2n) is 7.83. The number of rotatable bonds is 9. The Hall–Kier alpha value is -2.19. The van der Waals surface area contributed by atoms with Gasteiger partial charge >= 0.3 is 0 Å². The zero-order chi connectivity index (χ0) is 21.5. The minimum Gasteiger partial charge on any atom is -0.355 e. The average molecular weight is 459 g/mol. The first-order chi connectivity index (χ1) is 15.2. The van der Waals surface area contributed by atoms with Crippen molar-refractivity contribution in [2.24, 2.45) is 0 Å². The Kier molecular flexibility index (Phi) is 7.75. The quantitative estimate of drug-likeness (QED) is 0.457. The fourth-order valence-electron chi connectivity index (χ4n) is 3.98. The van der Waals surface area contributed by atoms with E-state index >= 15 is 0 Å². The van der Waals surface area contributed by atoms with Crippen molar-refractivity contribution >= 4 is 29.0 Å². The number of hydrogen-bond acceptors (Lipinski definition) is 5. The summed E-state index contributed by atoms with van der Waals surface area (Å²) in [6, 6.07) is 11.0. The molecule has 4 rings (SSSR count). The molecule has 1 aliphatic carbocycles. The molecule has 164 valence electrons. The van der Waals surface area contributed by atoms with Crippen LogP contribution in [0.1, 0.15) is 54.4 Å². The maximum absolute atomic E-state index is 13.0. The molecule has 1 aromatic carbocycles. The summed E-state index contributed by atoms with van der Waals surface area (Å²) < 4.78 is 15.3. The summed E-state index contributed by atoms with van der Waals surface area (Å²) in [4.78, 5) is 13.6. The molecule has 0 saturated heterocycles. The van der Waals surface area contributed by atoms with E-state index in [0.29, 0.717) is 24.8 Å². The van der Waals surface area contributed by atoms with Crippen molar-refractivity contribution < 1.29 is 9.18 Å². The maximum Gasteiger partial charge on any atom is 0.230 e. The first-order valence-corrected chi connectivity index (χ1v) is 12.7. The number of hydrogen-bond donors (Lipinski definition) is 1. The Morgan fingerprint density at radius 1 is 1.16 bits per heavy atom. The fraction of sp³-hybridized carbons (Fsp3) is 0.435. The third-order valence-electron chi connectivity index (χ3n) is 5.57. The van der Waals surface area contributed by atoms with Crippen LogP contribution in [0.3, 0.4) is 0 Å². The number of thioether (sulfide) groups is 1. The molecule has 0 unspecified atom stereocenters. The monoisotopic (exact) mass is 458 g/mol. The van der Waals surface area contributed by atoms with Crippen molar-refractivity contribution in [3.8, 4) is 0 Å². The molecule has 1 saturated carbocycles. The highest BCUT2D eigenvalue weighted by molar-refractivity contribution is 7.99. The molecule has 1 N–H and O–H groups in total. The van der Waals surface area contributed by atoms with Gasteiger partial charge < -0.3 is 9.88 Å². The zero-order valence-corrected chi connectivity index (χ0v) is 19.1. The largest absolute Gasteiger partial charge is 0.355 e. The molecule has 0 radical (unpaired) electrons. The molecular weight excluding hydrogens is 431 g/mol. The molecule has 0 bridgehead atoms. The van der Waals surface area contributed by atoms with Gasteiger partial charge in [0.2, 0.25) is 5.91 Å². The summed E-state index contributed by atoms with van der Waals surface area (Å²) in [5.41, 5.74) is 1.00. The van der Waals surface area contributed by atoms with Crippen molar-refractivity contribution in [3.05, 3.63) is 63.9 Å². The summed E-state index contributed by atoms with van der Waals surface area (Å²) in [6.45, 7) is 0.532. The van der Waals surface area contributed by atoms with Gasteiger partial charge in [-0.3, -0.25) is 4.79 Å². The van der Waals surface area contributed by atoms with Crippen LogP contribution in [0, 0.1) is 5.82 Å². The number of halogens is 1. The number of carbonyl (C=O) groups excluding carboxylic acids is 1. The SMILES string of the molecule is O=C(CSc1nnc(Cc2cccs2)n1C1CCCCC1)NCCc1ccc(F)cc1. The van der Waals surface area contributed by atoms with E-state index in [4.69, 9.17) is 0 Å². The fourth-order valence-corrected chi connectivity index (χ4v) is 5.54. The molecule has 8 heteroatoms. The second kappa shape index (κ2) is 10.9. The third kappa shape index (κ3) is 6.17. The lowest BCUT2D eigenvalue weighted by molar-refractivity contribution is -0.118. The van der Waals surface area contributed by atoms with E-state index in [9.17, 15) is 9.18 Å². The third-order valence-corrected chi connectivity index (χ3v) is 7.39. The molecule has 0 aliphatic heterocycles. The van der Waals surface area contributed by atoms with Gasteiger partial charge in [0.1, 0.15) is 11.6 Å². The lowest BCUT2D eigenvalue weighted by Gasteiger charge is -2.25. The smallest absolute Gasteiger partial charge is 0.230 e. The molecule has 31 heavy (non-hydrogen) atoms. The standard InChI is InChI=1S/C23H27FN4OS2/c24-18-10-8-17(9-11-18)12-13-25-22(29)16-31-23-27-26-21(15-20-7-4-14-30-20)28(23)19-5-2-1-3-6-19/h4,7-11,14,19H,1-3,5-6,12-13,15-16H2,(H,25,29). The number of carbonyl (C=O) groups is 1. The Balaban J connectivity index is 1.35. The number of aromatic nitrogens is 3. The van der Waals surface area contributed by atoms with Crippen LogP contribution in [-0.2, 0) is 17.6 Å². The molecule has 5 nitrogen and oxygen atoms in total. The highest BCUT2D eigenvalue weighted by Gasteiger charge is 2.23. The van der Waals surface area contributed by atoms with Crippen LogP contribution in [0.5, 0.6) is 0 Å². The van der Waals surface area contributed by atoms with Crippen molar-refractivity contribution in [1.29, 1.82) is 0 Å². The van der Waals surface area contributed by atoms with E-state index in [0.717, 1.165) is 35.8 Å². The predicted octanol–water partition coefficient (Wildman–Crippen LogP) is 5.03. The van der Waals surface area contributed by atoms with Crippen LogP contribution in [0.2, 0.25) is 0 Å². The molecule has 1 aliphatic rings. The first kappa shape index (κ1) is 22.0. The summed E-state index contributed by atoms with van der Waals surface area (Å²) in [7, 11) is 0. The van der Waals surface area contributed by atoms with Gasteiger partial charge in [0.25, 0.3) is 0 Å². The Bertz CT molecular complexity index is 966. The van der Waals surface area contributed by atoms with Gasteiger partial charge in [0.15, 0.2) is 5.16 Å². The van der Waals surface area contributed by atoms with Crippen LogP contribution in [0.15, 0.2) is 46.9 Å². The minimum atomic E-state index is -0.246. The molecule has 2 aromatic heterocycles. The van der Waals surface area contributed by atoms with E-state index in [2.05, 4.69) is 37.6 Å². The molecule has 0 spiro atoms. The van der Waals surface area contributed by atoms with E-state index in [1.165, 1.54) is 48.0 Å². The van der Waals surface area contributed by atoms with Crippen LogP contribution >= 0.6 is 23.1 Å². The van der Waals surface area contributed by atoms with Gasteiger partial charge in [-0.1, -0.05) is 49.2 Å². The highest BCUT2D eigenvalue weighted by Crippen LogP contribution is 2.33. The Morgan fingerprint density at radius 3 is 2.71 bits per heavy atom. The van der Waals surface area contributed by atoms with Gasteiger partial charge in [0.05, 0.1) is 5.75 Å². The second-order valence-corrected chi connectivity index (χ2v) is 9.81. The number of nitrogens with zero attached hydrogens (tertiary/aromatic N) is 3. The maximum atomic E-state index is 13.0. The number of benzene rings is 1. The topological polar surface area (TPSA) is 59.8 Å². The lowest BCUT2D eigenvalue weighted by Crippen LogP contribution is -2.27. The normalized spacial score (nSPS) is 14.6. The molecule has 0 atom stereocenters. The number of thiophene rings is 1. The molecular formula is C23H27FN4OS2. The van der Waals surface area contributed by atoms with Crippen LogP contribution < -0.4 is 5.32 Å². The first-order valence-electron chi connectivity index (χ1n) is 10.8. The molecule has 1 amide bonds. The van der Waals surface area contributed by atoms with E-state index in [1.54, 1.807) is 23.5 Å². The van der Waals surface area contributed by atoms with Crippen LogP contribution in [-0.4, -0.2) is 33.0 Å². The van der Waals surface area contributed by atoms with Crippen LogP contribution in [0.25, 0.3) is 0 Å². The molecule has 1 fully saturated rings. The van der Waals surface area contributed by atoms with Gasteiger partial charge in [-0.05, 0) is 48.4 Å². The lowest BCUT2D eigenvalue weighted by atomic mass is 9.95.